The molecule has 1 nitrogen and oxygen atoms in total. The topological polar surface area (TPSA) is 3.24 Å². The molecule has 2 aliphatic carbocycles. The van der Waals surface area contributed by atoms with Crippen molar-refractivity contribution in [2.75, 3.05) is 4.90 Å². The molecule has 0 saturated carbocycles. The predicted molar refractivity (Wildman–Crippen MR) is 130 cm³/mol. The molecule has 0 radical (unpaired) electrons. The molecule has 1 aliphatic heterocycles. The smallest absolute Gasteiger partial charge is 0.0452 e. The average Bonchev–Trinajstić information content (AvgIpc) is 3.10. The maximum atomic E-state index is 2.43. The fourth-order valence-electron chi connectivity index (χ4n) is 5.71. The van der Waals surface area contributed by atoms with Gasteiger partial charge in [0.05, 0.1) is 0 Å². The van der Waals surface area contributed by atoms with Crippen molar-refractivity contribution in [1.29, 1.82) is 0 Å². The molecular formula is C30H27N. The van der Waals surface area contributed by atoms with Gasteiger partial charge in [0.2, 0.25) is 0 Å². The summed E-state index contributed by atoms with van der Waals surface area (Å²) in [6.45, 7) is 0. The van der Waals surface area contributed by atoms with Crippen LogP contribution in [-0.4, -0.2) is 0 Å². The summed E-state index contributed by atoms with van der Waals surface area (Å²) in [6, 6.07) is 24.6. The lowest BCUT2D eigenvalue weighted by Gasteiger charge is -2.35. The molecule has 0 bridgehead atoms. The van der Waals surface area contributed by atoms with E-state index in [0.29, 0.717) is 5.92 Å². The zero-order valence-electron chi connectivity index (χ0n) is 17.8. The minimum Gasteiger partial charge on any atom is -0.320 e. The molecule has 0 spiro atoms. The Morgan fingerprint density at radius 2 is 1.55 bits per heavy atom. The SMILES string of the molecule is C1=CC=C(C2CCCc3c2ccc2c3CCc3ccccc3-2)N(c2ccccc2)C=C1. The minimum atomic E-state index is 0.429. The number of rotatable bonds is 2. The Morgan fingerprint density at radius 3 is 2.48 bits per heavy atom. The molecule has 0 aromatic heterocycles. The van der Waals surface area contributed by atoms with E-state index >= 15 is 0 Å². The van der Waals surface area contributed by atoms with Crippen LogP contribution >= 0.6 is 0 Å². The maximum absolute atomic E-state index is 2.43. The summed E-state index contributed by atoms with van der Waals surface area (Å²) in [5, 5.41) is 0. The lowest BCUT2D eigenvalue weighted by atomic mass is 9.74. The van der Waals surface area contributed by atoms with Crippen LogP contribution in [0.1, 0.15) is 41.0 Å². The Bertz CT molecular complexity index is 1210. The number of benzene rings is 3. The molecule has 31 heavy (non-hydrogen) atoms. The van der Waals surface area contributed by atoms with Crippen molar-refractivity contribution in [3.63, 3.8) is 0 Å². The summed E-state index contributed by atoms with van der Waals surface area (Å²) in [5.74, 6) is 0.429. The van der Waals surface area contributed by atoms with E-state index in [0.717, 1.165) is 6.42 Å². The number of para-hydroxylation sites is 1. The van der Waals surface area contributed by atoms with Crippen LogP contribution in [0.15, 0.2) is 103 Å². The monoisotopic (exact) mass is 401 g/mol. The van der Waals surface area contributed by atoms with E-state index in [2.05, 4.69) is 102 Å². The molecule has 0 N–H and O–H groups in total. The number of anilines is 1. The zero-order valence-corrected chi connectivity index (χ0v) is 17.8. The van der Waals surface area contributed by atoms with Crippen molar-refractivity contribution >= 4 is 5.69 Å². The summed E-state index contributed by atoms with van der Waals surface area (Å²) in [6.07, 6.45) is 17.0. The van der Waals surface area contributed by atoms with Crippen molar-refractivity contribution in [3.8, 4) is 11.1 Å². The van der Waals surface area contributed by atoms with Gasteiger partial charge in [0.1, 0.15) is 0 Å². The predicted octanol–water partition coefficient (Wildman–Crippen LogP) is 7.35. The van der Waals surface area contributed by atoms with Crippen molar-refractivity contribution in [1.82, 2.24) is 0 Å². The van der Waals surface area contributed by atoms with Crippen LogP contribution < -0.4 is 4.90 Å². The van der Waals surface area contributed by atoms with Crippen LogP contribution in [0.2, 0.25) is 0 Å². The van der Waals surface area contributed by atoms with E-state index in [1.54, 1.807) is 16.7 Å². The first kappa shape index (κ1) is 18.4. The number of allylic oxidation sites excluding steroid dienone is 5. The summed E-state index contributed by atoms with van der Waals surface area (Å²) in [4.78, 5) is 2.38. The number of fused-ring (bicyclic) bond motifs is 5. The zero-order chi connectivity index (χ0) is 20.6. The summed E-state index contributed by atoms with van der Waals surface area (Å²) in [7, 11) is 0. The highest BCUT2D eigenvalue weighted by Crippen LogP contribution is 2.45. The summed E-state index contributed by atoms with van der Waals surface area (Å²) >= 11 is 0. The van der Waals surface area contributed by atoms with Gasteiger partial charge in [-0.3, -0.25) is 0 Å². The molecular weight excluding hydrogens is 374 g/mol. The lowest BCUT2D eigenvalue weighted by Crippen LogP contribution is -2.24. The third kappa shape index (κ3) is 3.16. The Morgan fingerprint density at radius 1 is 0.677 bits per heavy atom. The highest BCUT2D eigenvalue weighted by Gasteiger charge is 2.30. The molecule has 1 atom stereocenters. The number of hydrogen-bond acceptors (Lipinski definition) is 1. The van der Waals surface area contributed by atoms with E-state index in [1.807, 2.05) is 0 Å². The van der Waals surface area contributed by atoms with Gasteiger partial charge >= 0.3 is 0 Å². The van der Waals surface area contributed by atoms with Crippen LogP contribution in [-0.2, 0) is 19.3 Å². The van der Waals surface area contributed by atoms with E-state index in [4.69, 9.17) is 0 Å². The van der Waals surface area contributed by atoms with Gasteiger partial charge in [0, 0.05) is 23.5 Å². The van der Waals surface area contributed by atoms with Gasteiger partial charge in [-0.2, -0.15) is 0 Å². The molecule has 1 heteroatoms. The molecule has 0 saturated heterocycles. The molecule has 0 fully saturated rings. The fourth-order valence-corrected chi connectivity index (χ4v) is 5.71. The van der Waals surface area contributed by atoms with Crippen LogP contribution in [0.3, 0.4) is 0 Å². The third-order valence-corrected chi connectivity index (χ3v) is 7.11. The first-order valence-corrected chi connectivity index (χ1v) is 11.5. The average molecular weight is 402 g/mol. The first-order valence-electron chi connectivity index (χ1n) is 11.5. The van der Waals surface area contributed by atoms with Crippen LogP contribution in [0.4, 0.5) is 5.69 Å². The first-order chi connectivity index (χ1) is 15.4. The van der Waals surface area contributed by atoms with Crippen LogP contribution in [0, 0.1) is 0 Å². The van der Waals surface area contributed by atoms with Gasteiger partial charge < -0.3 is 4.90 Å². The Kier molecular flexibility index (Phi) is 4.61. The van der Waals surface area contributed by atoms with E-state index in [9.17, 15) is 0 Å². The number of nitrogens with zero attached hydrogens (tertiary/aromatic N) is 1. The molecule has 152 valence electrons. The van der Waals surface area contributed by atoms with Gasteiger partial charge in [-0.1, -0.05) is 66.7 Å². The fraction of sp³-hybridized carbons (Fsp3) is 0.200. The second-order valence-corrected chi connectivity index (χ2v) is 8.78. The van der Waals surface area contributed by atoms with Gasteiger partial charge in [-0.25, -0.2) is 0 Å². The second kappa shape index (κ2) is 7.74. The number of aryl methyl sites for hydroxylation is 1. The molecule has 3 aromatic rings. The second-order valence-electron chi connectivity index (χ2n) is 8.78. The summed E-state index contributed by atoms with van der Waals surface area (Å²) in [5.41, 5.74) is 11.8. The van der Waals surface area contributed by atoms with Gasteiger partial charge in [0.15, 0.2) is 0 Å². The Labute approximate surface area is 185 Å². The van der Waals surface area contributed by atoms with E-state index < -0.39 is 0 Å². The maximum Gasteiger partial charge on any atom is 0.0452 e. The van der Waals surface area contributed by atoms with Crippen molar-refractivity contribution in [2.45, 2.75) is 38.0 Å². The Balaban J connectivity index is 1.46. The molecule has 6 rings (SSSR count). The van der Waals surface area contributed by atoms with Crippen molar-refractivity contribution < 1.29 is 0 Å². The molecule has 1 heterocycles. The van der Waals surface area contributed by atoms with E-state index in [-0.39, 0.29) is 0 Å². The largest absolute Gasteiger partial charge is 0.320 e. The van der Waals surface area contributed by atoms with Gasteiger partial charge in [-0.15, -0.1) is 0 Å². The van der Waals surface area contributed by atoms with Crippen LogP contribution in [0.25, 0.3) is 11.1 Å². The molecule has 0 amide bonds. The van der Waals surface area contributed by atoms with Crippen molar-refractivity contribution in [2.24, 2.45) is 0 Å². The van der Waals surface area contributed by atoms with Crippen molar-refractivity contribution in [3.05, 3.63) is 125 Å². The lowest BCUT2D eigenvalue weighted by molar-refractivity contribution is 0.595. The quantitative estimate of drug-likeness (QED) is 0.434. The molecule has 3 aliphatic rings. The Hall–Kier alpha value is -3.32. The van der Waals surface area contributed by atoms with E-state index in [1.165, 1.54) is 53.8 Å². The molecule has 3 aromatic carbocycles. The van der Waals surface area contributed by atoms with Gasteiger partial charge in [-0.05, 0) is 89.8 Å². The highest BCUT2D eigenvalue weighted by atomic mass is 15.1. The highest BCUT2D eigenvalue weighted by molar-refractivity contribution is 5.75. The normalized spacial score (nSPS) is 19.2. The standard InChI is InChI=1S/C30H27N/c1-3-11-23(12-4-1)31-21-8-2-5-16-30(31)29-15-9-14-25-27-18-17-22-10-6-7-13-24(22)26(27)19-20-28(25)29/h1-8,10-13,16,19-21,29H,9,14-15,17-18H2. The molecule has 1 unspecified atom stereocenters. The number of hydrogen-bond donors (Lipinski definition) is 0. The minimum absolute atomic E-state index is 0.429. The third-order valence-electron chi connectivity index (χ3n) is 7.11. The summed E-state index contributed by atoms with van der Waals surface area (Å²) < 4.78 is 0. The van der Waals surface area contributed by atoms with Crippen LogP contribution in [0.5, 0.6) is 0 Å². The van der Waals surface area contributed by atoms with Gasteiger partial charge in [0.25, 0.3) is 0 Å².